The standard InChI is InChI=1S/C15H23N3O/c1-2-13-9-12(11-19)10-15(16-13)18-7-5-17(6-8-18)14-3-4-14/h9-10,14,19H,2-8,11H2,1H3. The van der Waals surface area contributed by atoms with Crippen LogP contribution in [0.4, 0.5) is 5.82 Å². The zero-order chi connectivity index (χ0) is 13.2. The second-order valence-corrected chi connectivity index (χ2v) is 5.59. The lowest BCUT2D eigenvalue weighted by atomic mass is 10.2. The molecule has 4 nitrogen and oxygen atoms in total. The highest BCUT2D eigenvalue weighted by atomic mass is 16.3. The Kier molecular flexibility index (Phi) is 3.71. The fourth-order valence-corrected chi connectivity index (χ4v) is 2.82. The minimum atomic E-state index is 0.102. The van der Waals surface area contributed by atoms with Gasteiger partial charge in [0.1, 0.15) is 5.82 Å². The molecule has 2 heterocycles. The van der Waals surface area contributed by atoms with E-state index in [4.69, 9.17) is 4.98 Å². The van der Waals surface area contributed by atoms with Crippen LogP contribution in [0, 0.1) is 0 Å². The number of aliphatic hydroxyl groups excluding tert-OH is 1. The van der Waals surface area contributed by atoms with Crippen molar-refractivity contribution in [3.05, 3.63) is 23.4 Å². The fraction of sp³-hybridized carbons (Fsp3) is 0.667. The normalized spacial score (nSPS) is 20.8. The molecule has 0 unspecified atom stereocenters. The Morgan fingerprint density at radius 3 is 2.53 bits per heavy atom. The van der Waals surface area contributed by atoms with E-state index in [1.165, 1.54) is 12.8 Å². The van der Waals surface area contributed by atoms with Gasteiger partial charge < -0.3 is 10.0 Å². The molecule has 3 rings (SSSR count). The lowest BCUT2D eigenvalue weighted by molar-refractivity contribution is 0.247. The van der Waals surface area contributed by atoms with Crippen LogP contribution in [0.25, 0.3) is 0 Å². The fourth-order valence-electron chi connectivity index (χ4n) is 2.82. The predicted molar refractivity (Wildman–Crippen MR) is 76.3 cm³/mol. The average Bonchev–Trinajstić information content (AvgIpc) is 3.31. The van der Waals surface area contributed by atoms with E-state index in [0.29, 0.717) is 0 Å². The van der Waals surface area contributed by atoms with E-state index < -0.39 is 0 Å². The van der Waals surface area contributed by atoms with E-state index in [1.807, 2.05) is 12.1 Å². The van der Waals surface area contributed by atoms with Gasteiger partial charge in [0, 0.05) is 37.9 Å². The van der Waals surface area contributed by atoms with Crippen molar-refractivity contribution >= 4 is 5.82 Å². The third-order valence-corrected chi connectivity index (χ3v) is 4.17. The summed E-state index contributed by atoms with van der Waals surface area (Å²) in [6.07, 6.45) is 3.69. The molecule has 1 N–H and O–H groups in total. The van der Waals surface area contributed by atoms with E-state index in [1.54, 1.807) is 0 Å². The van der Waals surface area contributed by atoms with Crippen molar-refractivity contribution in [1.29, 1.82) is 0 Å². The molecule has 2 aliphatic rings. The lowest BCUT2D eigenvalue weighted by Gasteiger charge is -2.35. The summed E-state index contributed by atoms with van der Waals surface area (Å²) in [6, 6.07) is 4.90. The molecule has 1 aliphatic carbocycles. The van der Waals surface area contributed by atoms with Gasteiger partial charge in [-0.05, 0) is 37.0 Å². The van der Waals surface area contributed by atoms with Gasteiger partial charge in [-0.25, -0.2) is 4.98 Å². The predicted octanol–water partition coefficient (Wildman–Crippen LogP) is 1.42. The van der Waals surface area contributed by atoms with Crippen LogP contribution >= 0.6 is 0 Å². The highest BCUT2D eigenvalue weighted by molar-refractivity contribution is 5.43. The Balaban J connectivity index is 1.71. The zero-order valence-corrected chi connectivity index (χ0v) is 11.7. The van der Waals surface area contributed by atoms with E-state index in [2.05, 4.69) is 16.7 Å². The molecule has 0 aromatic carbocycles. The third-order valence-electron chi connectivity index (χ3n) is 4.17. The average molecular weight is 261 g/mol. The molecule has 104 valence electrons. The summed E-state index contributed by atoms with van der Waals surface area (Å²) in [7, 11) is 0. The van der Waals surface area contributed by atoms with Crippen molar-refractivity contribution in [2.24, 2.45) is 0 Å². The molecule has 1 saturated heterocycles. The van der Waals surface area contributed by atoms with Crippen LogP contribution < -0.4 is 4.90 Å². The number of hydrogen-bond donors (Lipinski definition) is 1. The maximum atomic E-state index is 9.35. The Bertz CT molecular complexity index is 415. The van der Waals surface area contributed by atoms with Gasteiger partial charge in [-0.3, -0.25) is 4.90 Å². The highest BCUT2D eigenvalue weighted by Gasteiger charge is 2.31. The summed E-state index contributed by atoms with van der Waals surface area (Å²) < 4.78 is 0. The molecule has 1 aliphatic heterocycles. The van der Waals surface area contributed by atoms with Crippen LogP contribution in [0.2, 0.25) is 0 Å². The van der Waals surface area contributed by atoms with Gasteiger partial charge in [-0.1, -0.05) is 6.92 Å². The quantitative estimate of drug-likeness (QED) is 0.890. The number of rotatable bonds is 4. The highest BCUT2D eigenvalue weighted by Crippen LogP contribution is 2.28. The first-order valence-electron chi connectivity index (χ1n) is 7.40. The van der Waals surface area contributed by atoms with Crippen molar-refractivity contribution in [2.45, 2.75) is 38.8 Å². The Labute approximate surface area is 115 Å². The summed E-state index contributed by atoms with van der Waals surface area (Å²) in [5.41, 5.74) is 2.05. The summed E-state index contributed by atoms with van der Waals surface area (Å²) in [5, 5.41) is 9.35. The topological polar surface area (TPSA) is 39.6 Å². The molecule has 19 heavy (non-hydrogen) atoms. The number of hydrogen-bond acceptors (Lipinski definition) is 4. The summed E-state index contributed by atoms with van der Waals surface area (Å²) in [6.45, 7) is 6.63. The number of nitrogens with zero attached hydrogens (tertiary/aromatic N) is 3. The SMILES string of the molecule is CCc1cc(CO)cc(N2CCN(C3CC3)CC2)n1. The van der Waals surface area contributed by atoms with Crippen molar-refractivity contribution in [1.82, 2.24) is 9.88 Å². The van der Waals surface area contributed by atoms with Crippen molar-refractivity contribution < 1.29 is 5.11 Å². The van der Waals surface area contributed by atoms with Gasteiger partial charge in [0.05, 0.1) is 6.61 Å². The van der Waals surface area contributed by atoms with Gasteiger partial charge in [-0.2, -0.15) is 0 Å². The Hall–Kier alpha value is -1.13. The van der Waals surface area contributed by atoms with Gasteiger partial charge in [0.15, 0.2) is 0 Å². The molecule has 1 aromatic heterocycles. The molecular formula is C15H23N3O. The minimum absolute atomic E-state index is 0.102. The van der Waals surface area contributed by atoms with Crippen LogP contribution in [-0.4, -0.2) is 47.2 Å². The first-order valence-corrected chi connectivity index (χ1v) is 7.40. The largest absolute Gasteiger partial charge is 0.392 e. The van der Waals surface area contributed by atoms with Gasteiger partial charge in [0.2, 0.25) is 0 Å². The van der Waals surface area contributed by atoms with E-state index >= 15 is 0 Å². The smallest absolute Gasteiger partial charge is 0.129 e. The molecule has 4 heteroatoms. The van der Waals surface area contributed by atoms with Crippen LogP contribution in [0.3, 0.4) is 0 Å². The molecule has 2 fully saturated rings. The van der Waals surface area contributed by atoms with Gasteiger partial charge in [0.25, 0.3) is 0 Å². The van der Waals surface area contributed by atoms with Crippen molar-refractivity contribution in [2.75, 3.05) is 31.1 Å². The monoisotopic (exact) mass is 261 g/mol. The molecule has 1 aromatic rings. The molecule has 0 bridgehead atoms. The summed E-state index contributed by atoms with van der Waals surface area (Å²) in [5.74, 6) is 1.04. The van der Waals surface area contributed by atoms with Crippen LogP contribution in [0.1, 0.15) is 31.0 Å². The van der Waals surface area contributed by atoms with E-state index in [9.17, 15) is 5.11 Å². The maximum absolute atomic E-state index is 9.35. The van der Waals surface area contributed by atoms with Gasteiger partial charge in [-0.15, -0.1) is 0 Å². The molecule has 0 amide bonds. The number of piperazine rings is 1. The number of pyridine rings is 1. The third kappa shape index (κ3) is 2.90. The van der Waals surface area contributed by atoms with Crippen LogP contribution in [0.5, 0.6) is 0 Å². The lowest BCUT2D eigenvalue weighted by Crippen LogP contribution is -2.47. The van der Waals surface area contributed by atoms with Crippen molar-refractivity contribution in [3.63, 3.8) is 0 Å². The first kappa shape index (κ1) is 12.9. The minimum Gasteiger partial charge on any atom is -0.392 e. The first-order chi connectivity index (χ1) is 9.30. The summed E-state index contributed by atoms with van der Waals surface area (Å²) >= 11 is 0. The summed E-state index contributed by atoms with van der Waals surface area (Å²) in [4.78, 5) is 9.67. The Morgan fingerprint density at radius 2 is 1.95 bits per heavy atom. The molecule has 0 radical (unpaired) electrons. The Morgan fingerprint density at radius 1 is 1.21 bits per heavy atom. The number of aromatic nitrogens is 1. The van der Waals surface area contributed by atoms with E-state index in [-0.39, 0.29) is 6.61 Å². The molecular weight excluding hydrogens is 238 g/mol. The number of aryl methyl sites for hydroxylation is 1. The molecule has 0 spiro atoms. The van der Waals surface area contributed by atoms with Gasteiger partial charge >= 0.3 is 0 Å². The van der Waals surface area contributed by atoms with Crippen molar-refractivity contribution in [3.8, 4) is 0 Å². The second kappa shape index (κ2) is 5.47. The molecule has 1 saturated carbocycles. The number of aliphatic hydroxyl groups is 1. The van der Waals surface area contributed by atoms with Crippen LogP contribution in [0.15, 0.2) is 12.1 Å². The zero-order valence-electron chi connectivity index (χ0n) is 11.7. The maximum Gasteiger partial charge on any atom is 0.129 e. The van der Waals surface area contributed by atoms with E-state index in [0.717, 1.165) is 55.7 Å². The second-order valence-electron chi connectivity index (χ2n) is 5.59. The van der Waals surface area contributed by atoms with Crippen LogP contribution in [-0.2, 0) is 13.0 Å². The number of anilines is 1. The molecule has 0 atom stereocenters.